The van der Waals surface area contributed by atoms with E-state index in [1.807, 2.05) is 32.0 Å². The number of nitrogens with zero attached hydrogens (tertiary/aromatic N) is 2. The van der Waals surface area contributed by atoms with Crippen LogP contribution in [0.25, 0.3) is 0 Å². The van der Waals surface area contributed by atoms with E-state index < -0.39 is 10.0 Å². The fourth-order valence-electron chi connectivity index (χ4n) is 2.29. The van der Waals surface area contributed by atoms with Gasteiger partial charge in [-0.1, -0.05) is 28.9 Å². The third kappa shape index (κ3) is 3.01. The summed E-state index contributed by atoms with van der Waals surface area (Å²) in [6.07, 6.45) is 0. The van der Waals surface area contributed by atoms with Crippen molar-refractivity contribution in [2.24, 2.45) is 0 Å². The Morgan fingerprint density at radius 1 is 1.19 bits per heavy atom. The molecular weight excluding hydrogens is 288 g/mol. The molecular formula is C15H20N2O3S. The van der Waals surface area contributed by atoms with Crippen LogP contribution in [0.15, 0.2) is 27.6 Å². The molecule has 0 aliphatic rings. The zero-order chi connectivity index (χ0) is 15.8. The van der Waals surface area contributed by atoms with Crippen molar-refractivity contribution in [2.45, 2.75) is 39.1 Å². The van der Waals surface area contributed by atoms with Crippen molar-refractivity contribution in [2.75, 3.05) is 7.05 Å². The molecule has 6 heteroatoms. The van der Waals surface area contributed by atoms with Crippen LogP contribution in [-0.2, 0) is 16.6 Å². The lowest BCUT2D eigenvalue weighted by molar-refractivity contribution is 0.389. The van der Waals surface area contributed by atoms with E-state index >= 15 is 0 Å². The largest absolute Gasteiger partial charge is 0.360 e. The van der Waals surface area contributed by atoms with Crippen molar-refractivity contribution >= 4 is 10.0 Å². The van der Waals surface area contributed by atoms with Crippen LogP contribution in [-0.4, -0.2) is 24.9 Å². The average molecular weight is 308 g/mol. The number of rotatable bonds is 4. The molecule has 0 amide bonds. The highest BCUT2D eigenvalue weighted by molar-refractivity contribution is 7.89. The van der Waals surface area contributed by atoms with Crippen molar-refractivity contribution in [3.63, 3.8) is 0 Å². The second kappa shape index (κ2) is 5.61. The van der Waals surface area contributed by atoms with Gasteiger partial charge in [0.05, 0.1) is 0 Å². The highest BCUT2D eigenvalue weighted by atomic mass is 32.2. The van der Waals surface area contributed by atoms with Crippen molar-refractivity contribution in [3.05, 3.63) is 46.3 Å². The fourth-order valence-corrected chi connectivity index (χ4v) is 3.73. The minimum atomic E-state index is -3.61. The molecule has 0 unspecified atom stereocenters. The van der Waals surface area contributed by atoms with E-state index in [-0.39, 0.29) is 4.90 Å². The van der Waals surface area contributed by atoms with E-state index in [1.54, 1.807) is 20.9 Å². The molecule has 0 N–H and O–H groups in total. The average Bonchev–Trinajstić information content (AvgIpc) is 2.73. The molecule has 5 nitrogen and oxygen atoms in total. The summed E-state index contributed by atoms with van der Waals surface area (Å²) in [7, 11) is -2.04. The van der Waals surface area contributed by atoms with Crippen LogP contribution in [0.2, 0.25) is 0 Å². The smallest absolute Gasteiger partial charge is 0.248 e. The van der Waals surface area contributed by atoms with Gasteiger partial charge < -0.3 is 4.52 Å². The molecule has 2 rings (SSSR count). The van der Waals surface area contributed by atoms with E-state index in [1.165, 1.54) is 4.31 Å². The van der Waals surface area contributed by atoms with Gasteiger partial charge in [-0.25, -0.2) is 8.42 Å². The summed E-state index contributed by atoms with van der Waals surface area (Å²) in [5.41, 5.74) is 3.56. The maximum atomic E-state index is 12.7. The van der Waals surface area contributed by atoms with Crippen molar-refractivity contribution < 1.29 is 12.9 Å². The monoisotopic (exact) mass is 308 g/mol. The fraction of sp³-hybridized carbons (Fsp3) is 0.400. The van der Waals surface area contributed by atoms with Crippen LogP contribution in [0.5, 0.6) is 0 Å². The summed E-state index contributed by atoms with van der Waals surface area (Å²) in [6.45, 7) is 7.53. The van der Waals surface area contributed by atoms with Crippen LogP contribution in [0.3, 0.4) is 0 Å². The van der Waals surface area contributed by atoms with Crippen molar-refractivity contribution in [1.82, 2.24) is 9.46 Å². The van der Waals surface area contributed by atoms with Crippen LogP contribution in [0.4, 0.5) is 0 Å². The maximum Gasteiger partial charge on any atom is 0.248 e. The second-order valence-electron chi connectivity index (χ2n) is 5.34. The first-order valence-corrected chi connectivity index (χ1v) is 8.13. The molecule has 0 aliphatic carbocycles. The molecule has 0 saturated heterocycles. The van der Waals surface area contributed by atoms with Gasteiger partial charge in [-0.05, 0) is 38.8 Å². The second-order valence-corrected chi connectivity index (χ2v) is 7.33. The molecule has 0 bridgehead atoms. The number of sulfonamides is 1. The van der Waals surface area contributed by atoms with Gasteiger partial charge in [0.2, 0.25) is 10.0 Å². The standard InChI is InChI=1S/C15H20N2O3S/c1-10-6-7-11(2)14(8-10)9-17(5)21(18,19)15-12(3)16-20-13(15)4/h6-8H,9H2,1-5H3. The van der Waals surface area contributed by atoms with Gasteiger partial charge in [-0.15, -0.1) is 0 Å². The zero-order valence-electron chi connectivity index (χ0n) is 13.0. The lowest BCUT2D eigenvalue weighted by Gasteiger charge is -2.18. The predicted molar refractivity (Wildman–Crippen MR) is 80.5 cm³/mol. The Morgan fingerprint density at radius 2 is 1.86 bits per heavy atom. The topological polar surface area (TPSA) is 63.4 Å². The Kier molecular flexibility index (Phi) is 4.20. The molecule has 21 heavy (non-hydrogen) atoms. The summed E-state index contributed by atoms with van der Waals surface area (Å²) in [5.74, 6) is 0.320. The van der Waals surface area contributed by atoms with Gasteiger partial charge >= 0.3 is 0 Å². The molecule has 1 heterocycles. The summed E-state index contributed by atoms with van der Waals surface area (Å²) in [5, 5.41) is 3.72. The Balaban J connectivity index is 2.36. The number of benzene rings is 1. The molecule has 0 saturated carbocycles. The van der Waals surface area contributed by atoms with Gasteiger partial charge in [-0.3, -0.25) is 0 Å². The van der Waals surface area contributed by atoms with Crippen LogP contribution >= 0.6 is 0 Å². The molecule has 1 aromatic heterocycles. The molecule has 0 atom stereocenters. The van der Waals surface area contributed by atoms with Gasteiger partial charge in [0, 0.05) is 13.6 Å². The summed E-state index contributed by atoms with van der Waals surface area (Å²) >= 11 is 0. The Hall–Kier alpha value is -1.66. The SMILES string of the molecule is Cc1ccc(C)c(CN(C)S(=O)(=O)c2c(C)noc2C)c1. The quantitative estimate of drug-likeness (QED) is 0.871. The third-order valence-electron chi connectivity index (χ3n) is 3.53. The molecule has 1 aromatic carbocycles. The summed E-state index contributed by atoms with van der Waals surface area (Å²) in [4.78, 5) is 0.162. The van der Waals surface area contributed by atoms with E-state index in [9.17, 15) is 8.42 Å². The minimum absolute atomic E-state index is 0.162. The number of hydrogen-bond acceptors (Lipinski definition) is 4. The van der Waals surface area contributed by atoms with E-state index in [0.29, 0.717) is 18.0 Å². The molecule has 0 aliphatic heterocycles. The van der Waals surface area contributed by atoms with Gasteiger partial charge in [0.15, 0.2) is 5.76 Å². The Morgan fingerprint density at radius 3 is 2.43 bits per heavy atom. The first-order valence-electron chi connectivity index (χ1n) is 6.69. The highest BCUT2D eigenvalue weighted by Gasteiger charge is 2.28. The molecule has 0 radical (unpaired) electrons. The minimum Gasteiger partial charge on any atom is -0.360 e. The van der Waals surface area contributed by atoms with E-state index in [0.717, 1.165) is 16.7 Å². The van der Waals surface area contributed by atoms with Crippen molar-refractivity contribution in [1.29, 1.82) is 0 Å². The van der Waals surface area contributed by atoms with E-state index in [4.69, 9.17) is 4.52 Å². The molecule has 0 spiro atoms. The lowest BCUT2D eigenvalue weighted by Crippen LogP contribution is -2.27. The highest BCUT2D eigenvalue weighted by Crippen LogP contribution is 2.24. The molecule has 114 valence electrons. The first kappa shape index (κ1) is 15.7. The normalized spacial score (nSPS) is 12.1. The maximum absolute atomic E-state index is 12.7. The predicted octanol–water partition coefficient (Wildman–Crippen LogP) is 2.73. The van der Waals surface area contributed by atoms with E-state index in [2.05, 4.69) is 5.16 Å². The molecule has 2 aromatic rings. The number of hydrogen-bond donors (Lipinski definition) is 0. The molecule has 0 fully saturated rings. The lowest BCUT2D eigenvalue weighted by atomic mass is 10.1. The van der Waals surface area contributed by atoms with Gasteiger partial charge in [0.1, 0.15) is 10.6 Å². The Bertz CT molecular complexity index is 744. The van der Waals surface area contributed by atoms with Crippen LogP contribution < -0.4 is 0 Å². The summed E-state index contributed by atoms with van der Waals surface area (Å²) in [6, 6.07) is 6.03. The number of aromatic nitrogens is 1. The zero-order valence-corrected chi connectivity index (χ0v) is 13.8. The number of aryl methyl sites for hydroxylation is 4. The van der Waals surface area contributed by atoms with Gasteiger partial charge in [0.25, 0.3) is 0 Å². The van der Waals surface area contributed by atoms with Crippen LogP contribution in [0, 0.1) is 27.7 Å². The summed E-state index contributed by atoms with van der Waals surface area (Å²) < 4.78 is 31.6. The van der Waals surface area contributed by atoms with Gasteiger partial charge in [-0.2, -0.15) is 4.31 Å². The first-order chi connectivity index (χ1) is 9.73. The van der Waals surface area contributed by atoms with Crippen molar-refractivity contribution in [3.8, 4) is 0 Å². The third-order valence-corrected chi connectivity index (χ3v) is 5.58. The Labute approximate surface area is 125 Å². The van der Waals surface area contributed by atoms with Crippen LogP contribution in [0.1, 0.15) is 28.1 Å².